The first-order valence-electron chi connectivity index (χ1n) is 30.8. The summed E-state index contributed by atoms with van der Waals surface area (Å²) in [5, 5.41) is 40.7. The minimum atomic E-state index is -0.902. The van der Waals surface area contributed by atoms with E-state index >= 15 is 0 Å². The Balaban J connectivity index is 0.000000198. The maximum Gasteiger partial charge on any atom is 0.304 e. The first-order valence-corrected chi connectivity index (χ1v) is 31.5. The first kappa shape index (κ1) is 81.2. The number of nitrogen functional groups attached to an aromatic ring is 1. The van der Waals surface area contributed by atoms with Crippen LogP contribution in [0.2, 0.25) is 10.3 Å². The molecular formula is C59H55B13Cl2F4N15O9. The fourth-order valence-corrected chi connectivity index (χ4v) is 9.39. The van der Waals surface area contributed by atoms with Gasteiger partial charge in [0.2, 0.25) is 35.2 Å². The highest BCUT2D eigenvalue weighted by Crippen LogP contribution is 2.35. The number of hydrogen-bond donors (Lipinski definition) is 5. The summed E-state index contributed by atoms with van der Waals surface area (Å²) >= 11 is 11.5. The number of rotatable bonds is 21. The molecule has 7 N–H and O–H groups in total. The number of primary amides is 1. The zero-order valence-corrected chi connectivity index (χ0v) is 56.4. The lowest BCUT2D eigenvalue weighted by Gasteiger charge is -2.31. The summed E-state index contributed by atoms with van der Waals surface area (Å²) in [6, 6.07) is 29.0. The van der Waals surface area contributed by atoms with Crippen molar-refractivity contribution in [2.75, 3.05) is 57.5 Å². The number of anilines is 11. The molecule has 0 bridgehead atoms. The van der Waals surface area contributed by atoms with Crippen LogP contribution in [0.5, 0.6) is 0 Å². The van der Waals surface area contributed by atoms with Crippen LogP contribution in [-0.2, 0) is 14.4 Å². The highest BCUT2D eigenvalue weighted by molar-refractivity contribution is 8.07. The number of carbonyl (C=O) groups excluding carboxylic acids is 3. The Morgan fingerprint density at radius 3 is 1.18 bits per heavy atom. The molecule has 102 heavy (non-hydrogen) atoms. The standard InChI is InChI=1S/C16H15FN4O3.C16H17FN4O.C12H9ClFN3O2.C11H7ClFN3O2.C4H7NO.B13/c1-20(11-4-5-14(21(23)24)13(17)8-11)12-6-7-18-15(9-12)19-16(22)10-2-3-10;1-21(11-4-5-14(18)13(17)8-11)12-6-7-19-15(9-12)20-16(22)10-2-3-10;1-16(9-4-5-15-12(13)7-9)8-2-3-11(17(18)19)10(14)6-8;12-11-6-8(3-4-14-11)15-7-1-2-10(16(17)18)9(13)5-7;5-4(6)3-1-2-3;1-8-12(9(2)3)13(10(4)5)11(6)7/h4-10H,2-3H2,1H3,(H,18,19,22);4-10H,2-3,18H2,1H3,(H,19,20,22);2-7H,1H3;1-6H,(H,14,15);3H,1-2H2,(H2,5,6);. The Bertz CT molecular complexity index is 4270. The number of nitrogens with two attached hydrogens (primary N) is 2. The molecule has 3 aliphatic carbocycles. The maximum absolute atomic E-state index is 13.8. The monoisotopic (exact) mass is 1410 g/mol. The Labute approximate surface area is 606 Å². The normalized spacial score (nSPS) is 12.1. The SMILES string of the molecule is CN(c1ccnc(Cl)c1)c1ccc([N+](=O)[O-])c(F)c1.CN(c1ccnc(NC(=O)C2CC2)c1)c1ccc(N)c(F)c1.CN(c1ccnc(NC(=O)C2CC2)c1)c1ccc([N+](=O)[O-])c(F)c1.NC(=O)C1CC1.O=[N+]([O-])c1ccc(Nc2ccnc(Cl)c2)cc1F.[B][B]B(B([B])[B])B(B([B])[B])B([B])[B]. The van der Waals surface area contributed by atoms with Crippen LogP contribution in [0.4, 0.5) is 97.4 Å². The topological polar surface area (TPSA) is 330 Å². The summed E-state index contributed by atoms with van der Waals surface area (Å²) in [4.78, 5) is 83.9. The third-order valence-electron chi connectivity index (χ3n) is 15.3. The molecule has 4 aromatic heterocycles. The Hall–Kier alpha value is -9.77. The van der Waals surface area contributed by atoms with Gasteiger partial charge in [-0.2, -0.15) is 13.2 Å². The van der Waals surface area contributed by atoms with E-state index in [1.54, 1.807) is 89.6 Å². The van der Waals surface area contributed by atoms with Gasteiger partial charge >= 0.3 is 17.1 Å². The molecule has 3 amide bonds. The predicted molar refractivity (Wildman–Crippen MR) is 404 cm³/mol. The van der Waals surface area contributed by atoms with Gasteiger partial charge in [0.15, 0.2) is 0 Å². The molecule has 0 unspecified atom stereocenters. The van der Waals surface area contributed by atoms with Crippen molar-refractivity contribution in [2.45, 2.75) is 38.5 Å². The fourth-order valence-electron chi connectivity index (χ4n) is 9.05. The molecular weight excluding hydrogens is 1350 g/mol. The number of hydrogen-bond acceptors (Lipinski definition) is 18. The molecule has 0 spiro atoms. The van der Waals surface area contributed by atoms with E-state index in [9.17, 15) is 62.3 Å². The molecule has 15 radical (unpaired) electrons. The minimum absolute atomic E-state index is 0.00540. The summed E-state index contributed by atoms with van der Waals surface area (Å²) in [6.45, 7) is 0. The van der Waals surface area contributed by atoms with Crippen LogP contribution in [0, 0.1) is 71.4 Å². The average molecular weight is 1410 g/mol. The van der Waals surface area contributed by atoms with Crippen LogP contribution < -0.4 is 42.1 Å². The molecule has 43 heteroatoms. The largest absolute Gasteiger partial charge is 0.396 e. The fraction of sp³-hybridized carbons (Fsp3) is 0.203. The first-order chi connectivity index (χ1) is 48.3. The van der Waals surface area contributed by atoms with Crippen molar-refractivity contribution in [3.05, 3.63) is 210 Å². The van der Waals surface area contributed by atoms with Gasteiger partial charge in [0, 0.05) is 251 Å². The predicted octanol–water partition coefficient (Wildman–Crippen LogP) is 8.17. The number of nitro benzene ring substituents is 3. The van der Waals surface area contributed by atoms with Crippen LogP contribution in [0.15, 0.2) is 146 Å². The highest BCUT2D eigenvalue weighted by atomic mass is 35.5. The molecule has 3 aliphatic rings. The summed E-state index contributed by atoms with van der Waals surface area (Å²) in [5.74, 6) is -1.97. The van der Waals surface area contributed by atoms with E-state index in [-0.39, 0.29) is 47.5 Å². The molecule has 4 aromatic carbocycles. The van der Waals surface area contributed by atoms with Crippen molar-refractivity contribution in [1.29, 1.82) is 0 Å². The van der Waals surface area contributed by atoms with Gasteiger partial charge in [-0.1, -0.05) is 23.2 Å². The third-order valence-corrected chi connectivity index (χ3v) is 15.7. The number of benzene rings is 4. The number of halogens is 6. The number of nitrogens with zero attached hydrogens (tertiary/aromatic N) is 10. The van der Waals surface area contributed by atoms with Crippen LogP contribution in [0.1, 0.15) is 38.5 Å². The zero-order valence-electron chi connectivity index (χ0n) is 54.9. The van der Waals surface area contributed by atoms with Gasteiger partial charge in [-0.05, 0) is 111 Å². The second-order valence-corrected chi connectivity index (χ2v) is 23.8. The number of nitrogens with one attached hydrogen (secondary N) is 3. The van der Waals surface area contributed by atoms with Gasteiger partial charge in [0.05, 0.1) is 20.5 Å². The van der Waals surface area contributed by atoms with Gasteiger partial charge in [-0.3, -0.25) is 44.7 Å². The summed E-state index contributed by atoms with van der Waals surface area (Å²) in [6.07, 6.45) is 9.02. The second-order valence-electron chi connectivity index (χ2n) is 23.0. The number of carbonyl (C=O) groups is 3. The molecule has 4 heterocycles. The van der Waals surface area contributed by atoms with Crippen molar-refractivity contribution < 1.29 is 46.7 Å². The van der Waals surface area contributed by atoms with Crippen molar-refractivity contribution >= 4 is 214 Å². The van der Waals surface area contributed by atoms with E-state index in [2.05, 4.69) is 35.9 Å². The smallest absolute Gasteiger partial charge is 0.304 e. The molecule has 0 atom stereocenters. The molecule has 3 fully saturated rings. The van der Waals surface area contributed by atoms with Gasteiger partial charge in [0.1, 0.15) is 27.8 Å². The summed E-state index contributed by atoms with van der Waals surface area (Å²) in [5.41, 5.74) is 13.5. The number of aromatic nitrogens is 4. The van der Waals surface area contributed by atoms with Crippen molar-refractivity contribution in [3.8, 4) is 0 Å². The maximum atomic E-state index is 13.8. The number of pyridine rings is 4. The van der Waals surface area contributed by atoms with Crippen LogP contribution in [0.3, 0.4) is 0 Å². The van der Waals surface area contributed by atoms with Crippen molar-refractivity contribution in [3.63, 3.8) is 0 Å². The molecule has 0 aliphatic heterocycles. The lowest BCUT2D eigenvalue weighted by molar-refractivity contribution is -0.387. The van der Waals surface area contributed by atoms with E-state index < -0.39 is 80.6 Å². The second kappa shape index (κ2) is 38.3. The quantitative estimate of drug-likeness (QED) is 0.0113. The van der Waals surface area contributed by atoms with E-state index in [1.165, 1.54) is 56.0 Å². The highest BCUT2D eigenvalue weighted by Gasteiger charge is 2.33. The Morgan fingerprint density at radius 2 is 0.853 bits per heavy atom. The molecule has 24 nitrogen and oxygen atoms in total. The lowest BCUT2D eigenvalue weighted by atomic mass is 8.50. The lowest BCUT2D eigenvalue weighted by Crippen LogP contribution is -2.69. The van der Waals surface area contributed by atoms with Crippen molar-refractivity contribution in [2.24, 2.45) is 23.5 Å². The number of amides is 3. The van der Waals surface area contributed by atoms with E-state index in [4.69, 9.17) is 88.8 Å². The van der Waals surface area contributed by atoms with Crippen molar-refractivity contribution in [1.82, 2.24) is 19.9 Å². The Kier molecular flexibility index (Phi) is 30.5. The summed E-state index contributed by atoms with van der Waals surface area (Å²) in [7, 11) is 44.7. The van der Waals surface area contributed by atoms with Crippen LogP contribution in [-0.4, -0.2) is 167 Å². The Morgan fingerprint density at radius 1 is 0.500 bits per heavy atom. The summed E-state index contributed by atoms with van der Waals surface area (Å²) < 4.78 is 54.3. The zero-order chi connectivity index (χ0) is 75.2. The molecule has 8 aromatic rings. The minimum Gasteiger partial charge on any atom is -0.396 e. The van der Waals surface area contributed by atoms with Gasteiger partial charge in [-0.25, -0.2) is 24.3 Å². The van der Waals surface area contributed by atoms with Crippen LogP contribution in [0.25, 0.3) is 0 Å². The molecule has 11 rings (SSSR count). The average Bonchev–Trinajstić information content (AvgIpc) is 1.24. The van der Waals surface area contributed by atoms with Gasteiger partial charge in [0.25, 0.3) is 0 Å². The molecule has 0 saturated heterocycles. The van der Waals surface area contributed by atoms with E-state index in [0.717, 1.165) is 80.6 Å². The van der Waals surface area contributed by atoms with Crippen LogP contribution >= 0.6 is 23.2 Å². The molecule has 3 saturated carbocycles. The molecule has 501 valence electrons. The van der Waals surface area contributed by atoms with E-state index in [0.29, 0.717) is 61.8 Å². The third kappa shape index (κ3) is 25.1. The van der Waals surface area contributed by atoms with E-state index in [1.807, 2.05) is 7.05 Å². The number of nitro groups is 3. The van der Waals surface area contributed by atoms with Gasteiger partial charge in [-0.15, -0.1) is 0 Å². The van der Waals surface area contributed by atoms with Gasteiger partial charge < -0.3 is 42.1 Å².